The zero-order valence-electron chi connectivity index (χ0n) is 13.7. The number of hydrogen-bond acceptors (Lipinski definition) is 2. The molecule has 1 aromatic carbocycles. The predicted octanol–water partition coefficient (Wildman–Crippen LogP) is 4.10. The molecule has 2 N–H and O–H groups in total. The summed E-state index contributed by atoms with van der Waals surface area (Å²) in [6, 6.07) is 6.93. The van der Waals surface area contributed by atoms with Gasteiger partial charge in [0.25, 0.3) is 0 Å². The molecule has 0 radical (unpaired) electrons. The van der Waals surface area contributed by atoms with E-state index in [2.05, 4.69) is 36.9 Å². The fraction of sp³-hybridized carbons (Fsp3) is 0.684. The van der Waals surface area contributed by atoms with Gasteiger partial charge in [-0.1, -0.05) is 43.0 Å². The Hall–Kier alpha value is -0.860. The van der Waals surface area contributed by atoms with E-state index in [4.69, 9.17) is 5.73 Å². The van der Waals surface area contributed by atoms with E-state index in [1.807, 2.05) is 0 Å². The monoisotopic (exact) mass is 286 g/mol. The molecule has 1 aromatic rings. The topological polar surface area (TPSA) is 29.3 Å². The van der Waals surface area contributed by atoms with Gasteiger partial charge in [0.05, 0.1) is 0 Å². The number of nitrogens with zero attached hydrogens (tertiary/aromatic N) is 1. The molecular weight excluding hydrogens is 256 g/mol. The van der Waals surface area contributed by atoms with Gasteiger partial charge in [-0.2, -0.15) is 0 Å². The average molecular weight is 286 g/mol. The lowest BCUT2D eigenvalue weighted by molar-refractivity contribution is 0.0476. The molecule has 1 unspecified atom stereocenters. The third-order valence-electron chi connectivity index (χ3n) is 5.80. The molecule has 1 heterocycles. The SMILES string of the molecule is Cc1ccc(C)c(C(N)C2(N3CCCCC3)CCCC2)c1. The Bertz CT molecular complexity index is 482. The van der Waals surface area contributed by atoms with Crippen LogP contribution in [0, 0.1) is 13.8 Å². The largest absolute Gasteiger partial charge is 0.322 e. The highest BCUT2D eigenvalue weighted by atomic mass is 15.2. The van der Waals surface area contributed by atoms with E-state index >= 15 is 0 Å². The van der Waals surface area contributed by atoms with Crippen LogP contribution >= 0.6 is 0 Å². The molecule has 1 saturated heterocycles. The van der Waals surface area contributed by atoms with E-state index in [-0.39, 0.29) is 11.6 Å². The van der Waals surface area contributed by atoms with Crippen molar-refractivity contribution in [2.45, 2.75) is 70.4 Å². The van der Waals surface area contributed by atoms with Crippen molar-refractivity contribution < 1.29 is 0 Å². The van der Waals surface area contributed by atoms with Crippen LogP contribution in [0.2, 0.25) is 0 Å². The molecule has 2 heteroatoms. The van der Waals surface area contributed by atoms with Crippen LogP contribution < -0.4 is 5.73 Å². The first-order valence-electron chi connectivity index (χ1n) is 8.71. The molecule has 3 rings (SSSR count). The predicted molar refractivity (Wildman–Crippen MR) is 89.5 cm³/mol. The minimum atomic E-state index is 0.165. The molecule has 0 bridgehead atoms. The summed E-state index contributed by atoms with van der Waals surface area (Å²) in [6.45, 7) is 6.89. The molecule has 21 heavy (non-hydrogen) atoms. The van der Waals surface area contributed by atoms with Gasteiger partial charge in [0.1, 0.15) is 0 Å². The molecular formula is C19H30N2. The first kappa shape index (κ1) is 15.1. The summed E-state index contributed by atoms with van der Waals surface area (Å²) in [7, 11) is 0. The van der Waals surface area contributed by atoms with Crippen molar-refractivity contribution in [3.8, 4) is 0 Å². The van der Waals surface area contributed by atoms with E-state index in [0.717, 1.165) is 0 Å². The molecule has 2 fully saturated rings. The van der Waals surface area contributed by atoms with Crippen LogP contribution in [0.3, 0.4) is 0 Å². The van der Waals surface area contributed by atoms with Crippen molar-refractivity contribution in [3.63, 3.8) is 0 Å². The fourth-order valence-corrected chi connectivity index (χ4v) is 4.53. The maximum Gasteiger partial charge on any atom is 0.0484 e. The molecule has 2 nitrogen and oxygen atoms in total. The fourth-order valence-electron chi connectivity index (χ4n) is 4.53. The second-order valence-electron chi connectivity index (χ2n) is 7.20. The van der Waals surface area contributed by atoms with Crippen LogP contribution in [0.5, 0.6) is 0 Å². The van der Waals surface area contributed by atoms with Crippen molar-refractivity contribution in [1.29, 1.82) is 0 Å². The second kappa shape index (κ2) is 6.10. The summed E-state index contributed by atoms with van der Waals surface area (Å²) in [6.07, 6.45) is 9.33. The van der Waals surface area contributed by atoms with Crippen LogP contribution in [0.1, 0.15) is 67.7 Å². The Labute approximate surface area is 129 Å². The molecule has 1 atom stereocenters. The summed E-state index contributed by atoms with van der Waals surface area (Å²) in [4.78, 5) is 2.75. The van der Waals surface area contributed by atoms with Crippen molar-refractivity contribution in [1.82, 2.24) is 4.90 Å². The van der Waals surface area contributed by atoms with Crippen molar-refractivity contribution >= 4 is 0 Å². The van der Waals surface area contributed by atoms with Gasteiger partial charge in [-0.05, 0) is 63.7 Å². The van der Waals surface area contributed by atoms with E-state index < -0.39 is 0 Å². The lowest BCUT2D eigenvalue weighted by Crippen LogP contribution is -2.55. The average Bonchev–Trinajstić information content (AvgIpc) is 3.01. The first-order chi connectivity index (χ1) is 10.1. The number of benzene rings is 1. The molecule has 1 aliphatic heterocycles. The molecule has 116 valence electrons. The van der Waals surface area contributed by atoms with E-state index in [9.17, 15) is 0 Å². The number of nitrogens with two attached hydrogens (primary N) is 1. The van der Waals surface area contributed by atoms with Gasteiger partial charge in [-0.25, -0.2) is 0 Å². The summed E-state index contributed by atoms with van der Waals surface area (Å²) >= 11 is 0. The lowest BCUT2D eigenvalue weighted by atomic mass is 9.79. The number of likely N-dealkylation sites (tertiary alicyclic amines) is 1. The molecule has 1 aliphatic carbocycles. The van der Waals surface area contributed by atoms with Gasteiger partial charge in [-0.15, -0.1) is 0 Å². The van der Waals surface area contributed by atoms with Crippen molar-refractivity contribution in [2.24, 2.45) is 5.73 Å². The standard InChI is InChI=1S/C19H30N2/c1-15-8-9-16(2)17(14-15)18(20)19(10-4-5-11-19)21-12-6-3-7-13-21/h8-9,14,18H,3-7,10-13,20H2,1-2H3. The highest BCUT2D eigenvalue weighted by molar-refractivity contribution is 5.35. The highest BCUT2D eigenvalue weighted by Crippen LogP contribution is 2.45. The third kappa shape index (κ3) is 2.76. The maximum absolute atomic E-state index is 6.89. The van der Waals surface area contributed by atoms with Crippen LogP contribution in [0.15, 0.2) is 18.2 Å². The summed E-state index contributed by atoms with van der Waals surface area (Å²) in [5.74, 6) is 0. The Balaban J connectivity index is 1.94. The van der Waals surface area contributed by atoms with Gasteiger partial charge in [-0.3, -0.25) is 4.90 Å². The van der Waals surface area contributed by atoms with E-state index in [1.165, 1.54) is 74.7 Å². The van der Waals surface area contributed by atoms with Crippen LogP contribution in [-0.4, -0.2) is 23.5 Å². The smallest absolute Gasteiger partial charge is 0.0484 e. The Morgan fingerprint density at radius 2 is 1.67 bits per heavy atom. The molecule has 0 amide bonds. The van der Waals surface area contributed by atoms with Gasteiger partial charge < -0.3 is 5.73 Å². The third-order valence-corrected chi connectivity index (χ3v) is 5.80. The maximum atomic E-state index is 6.89. The Kier molecular flexibility index (Phi) is 4.37. The number of hydrogen-bond donors (Lipinski definition) is 1. The van der Waals surface area contributed by atoms with Gasteiger partial charge >= 0.3 is 0 Å². The van der Waals surface area contributed by atoms with Crippen LogP contribution in [-0.2, 0) is 0 Å². The number of aryl methyl sites for hydroxylation is 2. The summed E-state index contributed by atoms with van der Waals surface area (Å²) in [5, 5.41) is 0. The summed E-state index contributed by atoms with van der Waals surface area (Å²) < 4.78 is 0. The Morgan fingerprint density at radius 1 is 1.00 bits per heavy atom. The number of piperidine rings is 1. The zero-order valence-corrected chi connectivity index (χ0v) is 13.7. The van der Waals surface area contributed by atoms with Crippen LogP contribution in [0.4, 0.5) is 0 Å². The number of rotatable bonds is 3. The van der Waals surface area contributed by atoms with Gasteiger partial charge in [0.2, 0.25) is 0 Å². The highest BCUT2D eigenvalue weighted by Gasteiger charge is 2.45. The molecule has 2 aliphatic rings. The minimum Gasteiger partial charge on any atom is -0.322 e. The van der Waals surface area contributed by atoms with Crippen molar-refractivity contribution in [3.05, 3.63) is 34.9 Å². The quantitative estimate of drug-likeness (QED) is 0.906. The van der Waals surface area contributed by atoms with E-state index in [0.29, 0.717) is 0 Å². The van der Waals surface area contributed by atoms with Gasteiger partial charge in [0.15, 0.2) is 0 Å². The lowest BCUT2D eigenvalue weighted by Gasteiger charge is -2.47. The van der Waals surface area contributed by atoms with E-state index in [1.54, 1.807) is 0 Å². The molecule has 1 saturated carbocycles. The molecule has 0 aromatic heterocycles. The summed E-state index contributed by atoms with van der Waals surface area (Å²) in [5.41, 5.74) is 11.2. The van der Waals surface area contributed by atoms with Gasteiger partial charge in [0, 0.05) is 11.6 Å². The Morgan fingerprint density at radius 3 is 2.33 bits per heavy atom. The normalized spacial score (nSPS) is 24.1. The first-order valence-corrected chi connectivity index (χ1v) is 8.71. The second-order valence-corrected chi connectivity index (χ2v) is 7.20. The van der Waals surface area contributed by atoms with Crippen molar-refractivity contribution in [2.75, 3.05) is 13.1 Å². The minimum absolute atomic E-state index is 0.165. The zero-order chi connectivity index (χ0) is 14.9. The van der Waals surface area contributed by atoms with Crippen LogP contribution in [0.25, 0.3) is 0 Å². The molecule has 0 spiro atoms.